The van der Waals surface area contributed by atoms with Crippen molar-refractivity contribution in [1.29, 1.82) is 0 Å². The Bertz CT molecular complexity index is 462. The van der Waals surface area contributed by atoms with E-state index in [1.54, 1.807) is 10.6 Å². The molecule has 5 heteroatoms. The van der Waals surface area contributed by atoms with Crippen LogP contribution in [0.25, 0.3) is 0 Å². The molecule has 0 aromatic carbocycles. The Hall–Kier alpha value is 1.02. The van der Waals surface area contributed by atoms with E-state index in [1.165, 1.54) is 10.6 Å². The summed E-state index contributed by atoms with van der Waals surface area (Å²) in [5.74, 6) is 2.77. The second kappa shape index (κ2) is 15.0. The zero-order valence-corrected chi connectivity index (χ0v) is 22.7. The fraction of sp³-hybridized carbons (Fsp3) is 0.600. The predicted molar refractivity (Wildman–Crippen MR) is 106 cm³/mol. The van der Waals surface area contributed by atoms with Gasteiger partial charge in [-0.05, 0) is 11.8 Å². The monoisotopic (exact) mass is 494 g/mol. The van der Waals surface area contributed by atoms with Crippen molar-refractivity contribution < 1.29 is 51.0 Å². The normalized spacial score (nSPS) is 10.7. The van der Waals surface area contributed by atoms with Crippen LogP contribution in [0.2, 0.25) is 0 Å². The molecule has 25 heavy (non-hydrogen) atoms. The van der Waals surface area contributed by atoms with Crippen LogP contribution in [-0.2, 0) is 26.2 Å². The molecule has 0 amide bonds. The molecule has 2 aromatic heterocycles. The Labute approximate surface area is 190 Å². The van der Waals surface area contributed by atoms with Gasteiger partial charge in [0.1, 0.15) is 0 Å². The number of hydrogen-bond acceptors (Lipinski definition) is 0. The molecule has 0 aliphatic rings. The minimum absolute atomic E-state index is 0. The summed E-state index contributed by atoms with van der Waals surface area (Å²) in [5, 5.41) is 6.12. The summed E-state index contributed by atoms with van der Waals surface area (Å²) in [6.45, 7) is 18.0. The summed E-state index contributed by atoms with van der Waals surface area (Å²) in [4.78, 5) is 0. The smallest absolute Gasteiger partial charge is 1.00 e. The third-order valence-corrected chi connectivity index (χ3v) is 7.73. The molecule has 2 rings (SSSR count). The van der Waals surface area contributed by atoms with E-state index in [1.807, 2.05) is 0 Å². The fourth-order valence-electron chi connectivity index (χ4n) is 2.01. The molecule has 0 nitrogen and oxygen atoms in total. The molecule has 2 unspecified atom stereocenters. The van der Waals surface area contributed by atoms with Crippen LogP contribution in [-0.4, -0.2) is 0 Å². The number of hydrogen-bond donors (Lipinski definition) is 0. The molecule has 0 spiro atoms. The topological polar surface area (TPSA) is 0 Å². The standard InChI is InChI=1S/2C10H16P.2ClH.Zr/c2*1-7(2)9-5-6-10(11-9)8(3)4;;;/h2*5,7-8,11H,1-4H3;2*1H;/q2*-1;;;+4/p-2. The average molecular weight is 497 g/mol. The van der Waals surface area contributed by atoms with Crippen molar-refractivity contribution in [2.75, 3.05) is 0 Å². The van der Waals surface area contributed by atoms with Gasteiger partial charge in [0.05, 0.1) is 0 Å². The minimum Gasteiger partial charge on any atom is -1.00 e. The molecule has 0 aliphatic carbocycles. The van der Waals surface area contributed by atoms with Gasteiger partial charge >= 0.3 is 26.2 Å². The average Bonchev–Trinajstić information content (AvgIpc) is 3.09. The molecular formula is C20H32Cl2P2Zr. The van der Waals surface area contributed by atoms with Crippen LogP contribution in [0.4, 0.5) is 0 Å². The molecule has 140 valence electrons. The summed E-state index contributed by atoms with van der Waals surface area (Å²) in [5.41, 5.74) is 0. The van der Waals surface area contributed by atoms with Crippen molar-refractivity contribution in [2.24, 2.45) is 0 Å². The van der Waals surface area contributed by atoms with E-state index in [0.29, 0.717) is 23.7 Å². The first kappa shape index (κ1) is 30.7. The van der Waals surface area contributed by atoms with Gasteiger partial charge in [-0.25, -0.2) is 40.7 Å². The van der Waals surface area contributed by atoms with E-state index in [-0.39, 0.29) is 51.0 Å². The molecule has 0 fully saturated rings. The van der Waals surface area contributed by atoms with E-state index in [0.717, 1.165) is 16.4 Å². The summed E-state index contributed by atoms with van der Waals surface area (Å²) < 4.78 is 0. The molecule has 0 aliphatic heterocycles. The zero-order chi connectivity index (χ0) is 16.9. The quantitative estimate of drug-likeness (QED) is 0.564. The van der Waals surface area contributed by atoms with Crippen molar-refractivity contribution in [3.05, 3.63) is 45.4 Å². The summed E-state index contributed by atoms with van der Waals surface area (Å²) in [7, 11) is 1.84. The Morgan fingerprint density at radius 2 is 0.880 bits per heavy atom. The van der Waals surface area contributed by atoms with Crippen molar-refractivity contribution in [2.45, 2.75) is 79.1 Å². The SMILES string of the molecule is CC(C)c1[c-]cc(C(C)C)[pH]1.CC(C)c1[c-]cc(C(C)C)[pH]1.[Cl-].[Cl-].[Zr+4]. The van der Waals surface area contributed by atoms with Crippen LogP contribution in [0.15, 0.2) is 12.1 Å². The van der Waals surface area contributed by atoms with Gasteiger partial charge in [-0.2, -0.15) is 10.6 Å². The molecular weight excluding hydrogens is 464 g/mol. The second-order valence-electron chi connectivity index (χ2n) is 7.18. The molecule has 2 heterocycles. The second-order valence-corrected chi connectivity index (χ2v) is 9.92. The minimum atomic E-state index is 0. The molecule has 0 saturated carbocycles. The van der Waals surface area contributed by atoms with Gasteiger partial charge in [0.25, 0.3) is 0 Å². The van der Waals surface area contributed by atoms with Crippen LogP contribution in [0.5, 0.6) is 0 Å². The van der Waals surface area contributed by atoms with E-state index in [4.69, 9.17) is 0 Å². The zero-order valence-electron chi connectivity index (χ0n) is 16.7. The predicted octanol–water partition coefficient (Wildman–Crippen LogP) is 1.54. The van der Waals surface area contributed by atoms with Crippen molar-refractivity contribution in [1.82, 2.24) is 0 Å². The third kappa shape index (κ3) is 10.8. The van der Waals surface area contributed by atoms with Crippen molar-refractivity contribution in [3.63, 3.8) is 0 Å². The summed E-state index contributed by atoms with van der Waals surface area (Å²) in [6, 6.07) is 11.1. The van der Waals surface area contributed by atoms with Crippen molar-refractivity contribution in [3.8, 4) is 0 Å². The first-order chi connectivity index (χ1) is 10.2. The van der Waals surface area contributed by atoms with Gasteiger partial charge in [-0.15, -0.1) is 10.6 Å². The summed E-state index contributed by atoms with van der Waals surface area (Å²) >= 11 is 0. The van der Waals surface area contributed by atoms with Crippen LogP contribution in [0.1, 0.15) is 100 Å². The van der Waals surface area contributed by atoms with Crippen LogP contribution in [0, 0.1) is 12.1 Å². The molecule has 0 saturated heterocycles. The Morgan fingerprint density at radius 1 is 0.600 bits per heavy atom. The largest absolute Gasteiger partial charge is 4.00 e. The van der Waals surface area contributed by atoms with Gasteiger partial charge in [0, 0.05) is 0 Å². The molecule has 2 atom stereocenters. The maximum atomic E-state index is 3.35. The summed E-state index contributed by atoms with van der Waals surface area (Å²) in [6.07, 6.45) is 0. The maximum Gasteiger partial charge on any atom is 4.00 e. The Balaban J connectivity index is -0.000000346. The van der Waals surface area contributed by atoms with Gasteiger partial charge in [-0.3, -0.25) is 0 Å². The number of rotatable bonds is 4. The van der Waals surface area contributed by atoms with Crippen LogP contribution >= 0.6 is 16.4 Å². The van der Waals surface area contributed by atoms with Gasteiger partial charge < -0.3 is 24.8 Å². The van der Waals surface area contributed by atoms with E-state index < -0.39 is 0 Å². The third-order valence-electron chi connectivity index (χ3n) is 3.72. The number of halogens is 2. The molecule has 2 aromatic rings. The Kier molecular flexibility index (Phi) is 18.5. The molecule has 0 bridgehead atoms. The van der Waals surface area contributed by atoms with Gasteiger partial charge in [-0.1, -0.05) is 67.2 Å². The molecule has 0 N–H and O–H groups in total. The first-order valence-electron chi connectivity index (χ1n) is 8.43. The Morgan fingerprint density at radius 3 is 1.00 bits per heavy atom. The van der Waals surface area contributed by atoms with E-state index in [2.05, 4.69) is 79.7 Å². The molecule has 0 radical (unpaired) electrons. The van der Waals surface area contributed by atoms with Crippen molar-refractivity contribution >= 4 is 16.4 Å². The van der Waals surface area contributed by atoms with Gasteiger partial charge in [0.2, 0.25) is 0 Å². The van der Waals surface area contributed by atoms with Gasteiger partial charge in [0.15, 0.2) is 0 Å². The van der Waals surface area contributed by atoms with Crippen LogP contribution < -0.4 is 24.8 Å². The fourth-order valence-corrected chi connectivity index (χ4v) is 4.36. The maximum absolute atomic E-state index is 3.35. The van der Waals surface area contributed by atoms with E-state index in [9.17, 15) is 0 Å². The first-order valence-corrected chi connectivity index (χ1v) is 10.4. The van der Waals surface area contributed by atoms with Crippen LogP contribution in [0.3, 0.4) is 0 Å². The van der Waals surface area contributed by atoms with E-state index >= 15 is 0 Å².